The molecule has 4 heteroatoms. The molecule has 4 aromatic carbocycles. The van der Waals surface area contributed by atoms with Crippen molar-refractivity contribution in [1.29, 1.82) is 0 Å². The lowest BCUT2D eigenvalue weighted by molar-refractivity contribution is 0.390. The fraction of sp³-hybridized carbons (Fsp3) is 0.404. The van der Waals surface area contributed by atoms with Crippen molar-refractivity contribution in [3.8, 4) is 11.5 Å². The fourth-order valence-corrected chi connectivity index (χ4v) is 8.57. The van der Waals surface area contributed by atoms with Crippen molar-refractivity contribution in [3.63, 3.8) is 0 Å². The Morgan fingerprint density at radius 1 is 0.686 bits per heavy atom. The number of hydrogen-bond donors (Lipinski definition) is 3. The van der Waals surface area contributed by atoms with Gasteiger partial charge in [0.1, 0.15) is 11.5 Å². The van der Waals surface area contributed by atoms with Crippen LogP contribution >= 0.6 is 0 Å². The number of nitrogens with zero attached hydrogens (tertiary/aromatic N) is 1. The predicted molar refractivity (Wildman–Crippen MR) is 215 cm³/mol. The molecule has 6 rings (SSSR count). The van der Waals surface area contributed by atoms with Crippen LogP contribution in [0.4, 0.5) is 0 Å². The summed E-state index contributed by atoms with van der Waals surface area (Å²) in [6, 6.07) is 33.6. The van der Waals surface area contributed by atoms with Crippen molar-refractivity contribution in [3.05, 3.63) is 136 Å². The molecule has 0 saturated heterocycles. The molecular formula is C47H58N2O2. The molecule has 4 nitrogen and oxygen atoms in total. The number of phenols is 2. The smallest absolute Gasteiger partial charge is 0.115 e. The number of phenolic OH excluding ortho intramolecular Hbond substituents is 2. The van der Waals surface area contributed by atoms with E-state index in [1.807, 2.05) is 24.3 Å². The van der Waals surface area contributed by atoms with E-state index < -0.39 is 0 Å². The van der Waals surface area contributed by atoms with Gasteiger partial charge in [-0.2, -0.15) is 0 Å². The summed E-state index contributed by atoms with van der Waals surface area (Å²) in [6.45, 7) is 13.3. The molecule has 0 amide bonds. The third-order valence-electron chi connectivity index (χ3n) is 11.4. The SMILES string of the molecule is CCCCC(CC)CNC1=C(c2ccccc2C)C(c2cccc(O)c2)c2c(c3ccccc3n2CC(CC)CCCC)C1c1cccc(O)c1. The molecule has 0 radical (unpaired) electrons. The molecule has 4 atom stereocenters. The summed E-state index contributed by atoms with van der Waals surface area (Å²) in [5, 5.41) is 27.5. The van der Waals surface area contributed by atoms with Gasteiger partial charge in [-0.15, -0.1) is 0 Å². The average molecular weight is 683 g/mol. The van der Waals surface area contributed by atoms with Gasteiger partial charge < -0.3 is 20.1 Å². The van der Waals surface area contributed by atoms with E-state index in [1.54, 1.807) is 12.1 Å². The first-order valence-electron chi connectivity index (χ1n) is 19.6. The number of para-hydroxylation sites is 1. The highest BCUT2D eigenvalue weighted by molar-refractivity contribution is 5.93. The zero-order valence-corrected chi connectivity index (χ0v) is 31.5. The maximum Gasteiger partial charge on any atom is 0.115 e. The van der Waals surface area contributed by atoms with Crippen molar-refractivity contribution in [2.75, 3.05) is 6.54 Å². The minimum Gasteiger partial charge on any atom is -0.508 e. The predicted octanol–water partition coefficient (Wildman–Crippen LogP) is 12.1. The summed E-state index contributed by atoms with van der Waals surface area (Å²) in [5.41, 5.74) is 10.9. The van der Waals surface area contributed by atoms with Gasteiger partial charge in [0.25, 0.3) is 0 Å². The molecule has 4 unspecified atom stereocenters. The molecule has 1 aliphatic rings. The van der Waals surface area contributed by atoms with E-state index in [0.29, 0.717) is 11.8 Å². The Balaban J connectivity index is 1.74. The topological polar surface area (TPSA) is 57.4 Å². The fourth-order valence-electron chi connectivity index (χ4n) is 8.57. The van der Waals surface area contributed by atoms with E-state index in [0.717, 1.165) is 37.1 Å². The lowest BCUT2D eigenvalue weighted by Crippen LogP contribution is -2.32. The van der Waals surface area contributed by atoms with Gasteiger partial charge in [0.15, 0.2) is 0 Å². The number of aromatic hydroxyl groups is 2. The van der Waals surface area contributed by atoms with Gasteiger partial charge in [0.05, 0.1) is 11.8 Å². The lowest BCUT2D eigenvalue weighted by atomic mass is 9.70. The Hall–Kier alpha value is -4.44. The molecule has 0 fully saturated rings. The minimum atomic E-state index is -0.129. The summed E-state index contributed by atoms with van der Waals surface area (Å²) in [7, 11) is 0. The van der Waals surface area contributed by atoms with Crippen LogP contribution in [0.2, 0.25) is 0 Å². The molecule has 3 N–H and O–H groups in total. The third kappa shape index (κ3) is 7.61. The van der Waals surface area contributed by atoms with E-state index in [2.05, 4.69) is 105 Å². The maximum atomic E-state index is 11.0. The quantitative estimate of drug-likeness (QED) is 0.0971. The number of hydrogen-bond acceptors (Lipinski definition) is 3. The molecule has 1 heterocycles. The van der Waals surface area contributed by atoms with E-state index in [1.165, 1.54) is 83.1 Å². The van der Waals surface area contributed by atoms with Crippen LogP contribution in [-0.4, -0.2) is 21.3 Å². The van der Waals surface area contributed by atoms with E-state index in [9.17, 15) is 10.2 Å². The van der Waals surface area contributed by atoms with E-state index in [4.69, 9.17) is 0 Å². The van der Waals surface area contributed by atoms with Crippen LogP contribution in [0.25, 0.3) is 16.5 Å². The number of unbranched alkanes of at least 4 members (excludes halogenated alkanes) is 2. The Labute approximate surface area is 306 Å². The summed E-state index contributed by atoms with van der Waals surface area (Å²) in [4.78, 5) is 0. The van der Waals surface area contributed by atoms with Crippen LogP contribution < -0.4 is 5.32 Å². The molecule has 1 aliphatic carbocycles. The van der Waals surface area contributed by atoms with Crippen molar-refractivity contribution >= 4 is 16.5 Å². The van der Waals surface area contributed by atoms with Crippen LogP contribution in [-0.2, 0) is 6.54 Å². The second-order valence-corrected chi connectivity index (χ2v) is 14.8. The number of aryl methyl sites for hydroxylation is 1. The molecule has 268 valence electrons. The van der Waals surface area contributed by atoms with Crippen LogP contribution in [0, 0.1) is 18.8 Å². The van der Waals surface area contributed by atoms with Gasteiger partial charge in [-0.3, -0.25) is 0 Å². The van der Waals surface area contributed by atoms with E-state index >= 15 is 0 Å². The van der Waals surface area contributed by atoms with Gasteiger partial charge in [-0.25, -0.2) is 0 Å². The summed E-state index contributed by atoms with van der Waals surface area (Å²) >= 11 is 0. The number of rotatable bonds is 16. The Bertz CT molecular complexity index is 1950. The van der Waals surface area contributed by atoms with Crippen molar-refractivity contribution in [1.82, 2.24) is 9.88 Å². The maximum absolute atomic E-state index is 11.0. The van der Waals surface area contributed by atoms with Gasteiger partial charge in [-0.05, 0) is 95.3 Å². The van der Waals surface area contributed by atoms with Crippen LogP contribution in [0.3, 0.4) is 0 Å². The van der Waals surface area contributed by atoms with Gasteiger partial charge in [-0.1, -0.05) is 133 Å². The second-order valence-electron chi connectivity index (χ2n) is 14.8. The Morgan fingerprint density at radius 3 is 1.92 bits per heavy atom. The zero-order valence-electron chi connectivity index (χ0n) is 31.5. The molecule has 0 bridgehead atoms. The molecule has 0 aliphatic heterocycles. The molecule has 5 aromatic rings. The van der Waals surface area contributed by atoms with Gasteiger partial charge in [0, 0.05) is 35.4 Å². The Kier molecular flexibility index (Phi) is 11.9. The summed E-state index contributed by atoms with van der Waals surface area (Å²) in [6.07, 6.45) is 9.47. The number of nitrogens with one attached hydrogen (secondary N) is 1. The van der Waals surface area contributed by atoms with Crippen LogP contribution in [0.5, 0.6) is 11.5 Å². The monoisotopic (exact) mass is 682 g/mol. The van der Waals surface area contributed by atoms with E-state index in [-0.39, 0.29) is 23.3 Å². The second kappa shape index (κ2) is 16.7. The molecule has 51 heavy (non-hydrogen) atoms. The first-order valence-corrected chi connectivity index (χ1v) is 19.6. The van der Waals surface area contributed by atoms with Crippen molar-refractivity contribution < 1.29 is 10.2 Å². The molecule has 0 saturated carbocycles. The first kappa shape index (κ1) is 36.4. The summed E-state index contributed by atoms with van der Waals surface area (Å²) in [5.74, 6) is 1.40. The largest absolute Gasteiger partial charge is 0.508 e. The highest BCUT2D eigenvalue weighted by Gasteiger charge is 2.42. The number of aromatic nitrogens is 1. The normalized spacial score (nSPS) is 17.0. The van der Waals surface area contributed by atoms with Crippen LogP contribution in [0.15, 0.2) is 103 Å². The average Bonchev–Trinajstić information content (AvgIpc) is 3.46. The standard InChI is InChI=1S/C47H58N2O2/c1-6-10-19-33(8-3)30-48-46-42(35-21-16-23-37(50)28-35)45-40-26-14-15-27-41(40)49(31-34(9-4)20-11-7-2)47(45)43(36-22-17-24-38(51)29-36)44(46)39-25-13-12-18-32(39)5/h12-18,21-29,33-34,42-43,48,50-51H,6-11,19-20,30-31H2,1-5H3. The molecule has 1 aromatic heterocycles. The highest BCUT2D eigenvalue weighted by atomic mass is 16.3. The van der Waals surface area contributed by atoms with Crippen molar-refractivity contribution in [2.45, 2.75) is 104 Å². The first-order chi connectivity index (χ1) is 24.9. The zero-order chi connectivity index (χ0) is 35.9. The number of fused-ring (bicyclic) bond motifs is 3. The highest BCUT2D eigenvalue weighted by Crippen LogP contribution is 2.55. The Morgan fingerprint density at radius 2 is 1.29 bits per heavy atom. The third-order valence-corrected chi connectivity index (χ3v) is 11.4. The van der Waals surface area contributed by atoms with Gasteiger partial charge in [0.2, 0.25) is 0 Å². The number of benzene rings is 4. The lowest BCUT2D eigenvalue weighted by Gasteiger charge is -2.38. The summed E-state index contributed by atoms with van der Waals surface area (Å²) < 4.78 is 2.64. The van der Waals surface area contributed by atoms with Crippen LogP contribution in [0.1, 0.15) is 124 Å². The van der Waals surface area contributed by atoms with Gasteiger partial charge >= 0.3 is 0 Å². The number of allylic oxidation sites excluding steroid dienone is 2. The molecule has 0 spiro atoms. The molecular weight excluding hydrogens is 625 g/mol. The van der Waals surface area contributed by atoms with Crippen molar-refractivity contribution in [2.24, 2.45) is 11.8 Å². The minimum absolute atomic E-state index is 0.124.